The van der Waals surface area contributed by atoms with E-state index in [-0.39, 0.29) is 6.17 Å². The third-order valence-corrected chi connectivity index (χ3v) is 4.48. The SMILES string of the molecule is Clc1ccc(CNN2OC=NC2CSc2ccccc2)cc1. The van der Waals surface area contributed by atoms with Crippen molar-refractivity contribution in [2.45, 2.75) is 17.6 Å². The van der Waals surface area contributed by atoms with Crippen molar-refractivity contribution >= 4 is 29.8 Å². The van der Waals surface area contributed by atoms with E-state index in [0.717, 1.165) is 16.3 Å². The van der Waals surface area contributed by atoms with Gasteiger partial charge in [-0.3, -0.25) is 0 Å². The maximum Gasteiger partial charge on any atom is 0.200 e. The molecule has 0 aliphatic carbocycles. The van der Waals surface area contributed by atoms with Gasteiger partial charge in [-0.15, -0.1) is 11.8 Å². The molecule has 1 heterocycles. The zero-order valence-corrected chi connectivity index (χ0v) is 13.4. The van der Waals surface area contributed by atoms with E-state index in [0.29, 0.717) is 6.54 Å². The van der Waals surface area contributed by atoms with Gasteiger partial charge in [0.2, 0.25) is 0 Å². The van der Waals surface area contributed by atoms with E-state index in [9.17, 15) is 0 Å². The van der Waals surface area contributed by atoms with Crippen LogP contribution in [0.1, 0.15) is 5.56 Å². The topological polar surface area (TPSA) is 36.9 Å². The molecule has 0 spiro atoms. The summed E-state index contributed by atoms with van der Waals surface area (Å²) in [4.78, 5) is 10.9. The number of hydrazine groups is 1. The second-order valence-corrected chi connectivity index (χ2v) is 6.28. The molecule has 1 atom stereocenters. The van der Waals surface area contributed by atoms with Crippen LogP contribution in [0, 0.1) is 0 Å². The molecule has 0 saturated heterocycles. The summed E-state index contributed by atoms with van der Waals surface area (Å²) in [5.41, 5.74) is 4.37. The molecule has 0 radical (unpaired) electrons. The number of benzene rings is 2. The largest absolute Gasteiger partial charge is 0.377 e. The third-order valence-electron chi connectivity index (χ3n) is 3.16. The number of nitrogens with one attached hydrogen (secondary N) is 1. The molecular formula is C16H16ClN3OS. The van der Waals surface area contributed by atoms with Gasteiger partial charge in [0.1, 0.15) is 0 Å². The van der Waals surface area contributed by atoms with E-state index in [1.807, 2.05) is 42.5 Å². The zero-order valence-electron chi connectivity index (χ0n) is 11.9. The van der Waals surface area contributed by atoms with Gasteiger partial charge in [-0.25, -0.2) is 10.4 Å². The van der Waals surface area contributed by atoms with Crippen molar-refractivity contribution < 1.29 is 4.84 Å². The molecule has 22 heavy (non-hydrogen) atoms. The van der Waals surface area contributed by atoms with Gasteiger partial charge in [0.05, 0.1) is 0 Å². The van der Waals surface area contributed by atoms with Crippen molar-refractivity contribution in [3.8, 4) is 0 Å². The highest BCUT2D eigenvalue weighted by Gasteiger charge is 2.23. The molecule has 0 fully saturated rings. The fourth-order valence-corrected chi connectivity index (χ4v) is 3.03. The van der Waals surface area contributed by atoms with Crippen molar-refractivity contribution in [1.29, 1.82) is 0 Å². The highest BCUT2D eigenvalue weighted by atomic mass is 35.5. The normalized spacial score (nSPS) is 17.6. The summed E-state index contributed by atoms with van der Waals surface area (Å²) in [6.45, 7) is 0.660. The summed E-state index contributed by atoms with van der Waals surface area (Å²) < 4.78 is 0. The van der Waals surface area contributed by atoms with Crippen LogP contribution in [0.5, 0.6) is 0 Å². The zero-order chi connectivity index (χ0) is 15.2. The Bertz CT molecular complexity index is 621. The Morgan fingerprint density at radius 1 is 1.14 bits per heavy atom. The molecule has 0 saturated carbocycles. The molecule has 1 N–H and O–H groups in total. The van der Waals surface area contributed by atoms with Gasteiger partial charge in [-0.1, -0.05) is 41.9 Å². The van der Waals surface area contributed by atoms with Crippen molar-refractivity contribution in [2.24, 2.45) is 4.99 Å². The maximum atomic E-state index is 5.88. The van der Waals surface area contributed by atoms with Crippen molar-refractivity contribution in [2.75, 3.05) is 5.75 Å². The maximum absolute atomic E-state index is 5.88. The van der Waals surface area contributed by atoms with Gasteiger partial charge in [0.25, 0.3) is 0 Å². The van der Waals surface area contributed by atoms with Crippen molar-refractivity contribution in [3.05, 3.63) is 65.2 Å². The van der Waals surface area contributed by atoms with Crippen LogP contribution in [0.25, 0.3) is 0 Å². The molecule has 0 amide bonds. The lowest BCUT2D eigenvalue weighted by Gasteiger charge is -2.21. The molecular weight excluding hydrogens is 318 g/mol. The highest BCUT2D eigenvalue weighted by molar-refractivity contribution is 7.99. The minimum Gasteiger partial charge on any atom is -0.377 e. The van der Waals surface area contributed by atoms with Crippen LogP contribution >= 0.6 is 23.4 Å². The number of hydrogen-bond acceptors (Lipinski definition) is 5. The van der Waals surface area contributed by atoms with Crippen LogP contribution in [-0.2, 0) is 11.4 Å². The van der Waals surface area contributed by atoms with Gasteiger partial charge in [-0.05, 0) is 35.0 Å². The van der Waals surface area contributed by atoms with Crippen LogP contribution in [0.2, 0.25) is 5.02 Å². The van der Waals surface area contributed by atoms with Crippen LogP contribution in [0.4, 0.5) is 0 Å². The standard InChI is InChI=1S/C16H16ClN3OS/c17-14-8-6-13(7-9-14)10-19-20-16(18-12-21-20)11-22-15-4-2-1-3-5-15/h1-9,12,16,19H,10-11H2. The molecule has 1 aliphatic rings. The number of hydroxylamine groups is 1. The number of thioether (sulfide) groups is 1. The summed E-state index contributed by atoms with van der Waals surface area (Å²) in [5, 5.41) is 2.42. The Morgan fingerprint density at radius 2 is 1.91 bits per heavy atom. The Morgan fingerprint density at radius 3 is 2.68 bits per heavy atom. The first-order valence-electron chi connectivity index (χ1n) is 6.95. The molecule has 2 aromatic carbocycles. The average molecular weight is 334 g/mol. The summed E-state index contributed by atoms with van der Waals surface area (Å²) in [6, 6.07) is 18.0. The van der Waals surface area contributed by atoms with Crippen LogP contribution < -0.4 is 5.43 Å². The second-order valence-electron chi connectivity index (χ2n) is 4.75. The molecule has 0 bridgehead atoms. The summed E-state index contributed by atoms with van der Waals surface area (Å²) in [7, 11) is 0. The molecule has 2 aromatic rings. The first kappa shape index (κ1) is 15.4. The third kappa shape index (κ3) is 4.24. The number of aliphatic imine (C=N–C) groups is 1. The first-order chi connectivity index (χ1) is 10.8. The summed E-state index contributed by atoms with van der Waals surface area (Å²) >= 11 is 7.64. The Labute approximate surface area is 139 Å². The van der Waals surface area contributed by atoms with E-state index in [1.54, 1.807) is 16.9 Å². The van der Waals surface area contributed by atoms with E-state index >= 15 is 0 Å². The first-order valence-corrected chi connectivity index (χ1v) is 8.31. The second kappa shape index (κ2) is 7.65. The average Bonchev–Trinajstić information content (AvgIpc) is 3.01. The lowest BCUT2D eigenvalue weighted by Crippen LogP contribution is -2.41. The van der Waals surface area contributed by atoms with Gasteiger partial charge in [0, 0.05) is 22.2 Å². The molecule has 6 heteroatoms. The van der Waals surface area contributed by atoms with E-state index in [1.165, 1.54) is 11.3 Å². The number of halogens is 1. The molecule has 1 unspecified atom stereocenters. The summed E-state index contributed by atoms with van der Waals surface area (Å²) in [6.07, 6.45) is 1.43. The smallest absolute Gasteiger partial charge is 0.200 e. The highest BCUT2D eigenvalue weighted by Crippen LogP contribution is 2.21. The molecule has 1 aliphatic heterocycles. The predicted molar refractivity (Wildman–Crippen MR) is 90.7 cm³/mol. The van der Waals surface area contributed by atoms with E-state index in [4.69, 9.17) is 16.4 Å². The molecule has 0 aromatic heterocycles. The van der Waals surface area contributed by atoms with Crippen LogP contribution in [-0.4, -0.2) is 23.5 Å². The quantitative estimate of drug-likeness (QED) is 0.817. The fourth-order valence-electron chi connectivity index (χ4n) is 1.99. The lowest BCUT2D eigenvalue weighted by atomic mass is 10.2. The lowest BCUT2D eigenvalue weighted by molar-refractivity contribution is -0.122. The van der Waals surface area contributed by atoms with Gasteiger partial charge in [0.15, 0.2) is 12.6 Å². The molecule has 4 nitrogen and oxygen atoms in total. The minimum absolute atomic E-state index is 0.0440. The van der Waals surface area contributed by atoms with Gasteiger partial charge >= 0.3 is 0 Å². The van der Waals surface area contributed by atoms with Crippen LogP contribution in [0.15, 0.2) is 64.5 Å². The number of nitrogens with zero attached hydrogens (tertiary/aromatic N) is 2. The fraction of sp³-hybridized carbons (Fsp3) is 0.188. The molecule has 114 valence electrons. The van der Waals surface area contributed by atoms with Crippen LogP contribution in [0.3, 0.4) is 0 Å². The van der Waals surface area contributed by atoms with E-state index in [2.05, 4.69) is 22.6 Å². The molecule has 3 rings (SSSR count). The van der Waals surface area contributed by atoms with Crippen molar-refractivity contribution in [3.63, 3.8) is 0 Å². The minimum atomic E-state index is -0.0440. The van der Waals surface area contributed by atoms with Gasteiger partial charge in [-0.2, -0.15) is 0 Å². The summed E-state index contributed by atoms with van der Waals surface area (Å²) in [5.74, 6) is 0.814. The Balaban J connectivity index is 1.50. The number of hydrogen-bond donors (Lipinski definition) is 1. The monoisotopic (exact) mass is 333 g/mol. The van der Waals surface area contributed by atoms with E-state index < -0.39 is 0 Å². The van der Waals surface area contributed by atoms with Gasteiger partial charge < -0.3 is 4.84 Å². The van der Waals surface area contributed by atoms with Crippen molar-refractivity contribution in [1.82, 2.24) is 10.6 Å². The number of rotatable bonds is 6. The Hall–Kier alpha value is -1.53. The Kier molecular flexibility index (Phi) is 5.34. The predicted octanol–water partition coefficient (Wildman–Crippen LogP) is 3.74.